The summed E-state index contributed by atoms with van der Waals surface area (Å²) in [7, 11) is 3.41. The molecule has 0 saturated heterocycles. The molecular formula is C19H30IN5O3. The summed E-state index contributed by atoms with van der Waals surface area (Å²) in [5, 5.41) is 10.5. The van der Waals surface area contributed by atoms with Crippen molar-refractivity contribution in [2.75, 3.05) is 39.2 Å². The van der Waals surface area contributed by atoms with E-state index < -0.39 is 0 Å². The Morgan fingerprint density at radius 3 is 2.79 bits per heavy atom. The van der Waals surface area contributed by atoms with Gasteiger partial charge in [0.05, 0.1) is 6.61 Å². The standard InChI is InChI=1S/C19H29N5O3.HI/c1-14(2)18-23-17(27-24-18)9-10-21-19(20-3)22-15-7-5-8-16(13-15)26-12-6-11-25-4;/h5,7-8,13-14H,6,9-12H2,1-4H3,(H2,20,21,22);1H. The Kier molecular flexibility index (Phi) is 11.5. The summed E-state index contributed by atoms with van der Waals surface area (Å²) < 4.78 is 16.0. The first kappa shape index (κ1) is 24.2. The highest BCUT2D eigenvalue weighted by Crippen LogP contribution is 2.17. The third kappa shape index (κ3) is 8.42. The Bertz CT molecular complexity index is 721. The zero-order valence-electron chi connectivity index (χ0n) is 16.9. The van der Waals surface area contributed by atoms with E-state index in [1.165, 1.54) is 0 Å². The number of halogens is 1. The molecule has 9 heteroatoms. The van der Waals surface area contributed by atoms with Crippen LogP contribution in [-0.2, 0) is 11.2 Å². The molecule has 156 valence electrons. The highest BCUT2D eigenvalue weighted by atomic mass is 127. The van der Waals surface area contributed by atoms with E-state index in [0.29, 0.717) is 38.0 Å². The first-order valence-electron chi connectivity index (χ1n) is 9.14. The van der Waals surface area contributed by atoms with E-state index in [1.807, 2.05) is 38.1 Å². The molecule has 0 fully saturated rings. The molecule has 1 aromatic carbocycles. The van der Waals surface area contributed by atoms with Gasteiger partial charge in [0.25, 0.3) is 0 Å². The predicted molar refractivity (Wildman–Crippen MR) is 121 cm³/mol. The summed E-state index contributed by atoms with van der Waals surface area (Å²) in [4.78, 5) is 8.60. The smallest absolute Gasteiger partial charge is 0.228 e. The molecule has 0 saturated carbocycles. The maximum atomic E-state index is 5.72. The van der Waals surface area contributed by atoms with Gasteiger partial charge < -0.3 is 24.6 Å². The summed E-state index contributed by atoms with van der Waals surface area (Å²) in [6, 6.07) is 7.76. The second kappa shape index (κ2) is 13.3. The minimum atomic E-state index is 0. The van der Waals surface area contributed by atoms with Gasteiger partial charge in [0, 0.05) is 57.8 Å². The van der Waals surface area contributed by atoms with Crippen LogP contribution in [0.3, 0.4) is 0 Å². The fourth-order valence-electron chi connectivity index (χ4n) is 2.26. The van der Waals surface area contributed by atoms with Crippen LogP contribution in [0.1, 0.15) is 37.9 Å². The van der Waals surface area contributed by atoms with Crippen LogP contribution in [0.15, 0.2) is 33.8 Å². The van der Waals surface area contributed by atoms with Gasteiger partial charge in [-0.2, -0.15) is 4.98 Å². The first-order valence-corrected chi connectivity index (χ1v) is 9.14. The molecule has 0 aliphatic rings. The van der Waals surface area contributed by atoms with Crippen LogP contribution < -0.4 is 15.4 Å². The monoisotopic (exact) mass is 503 g/mol. The van der Waals surface area contributed by atoms with Crippen molar-refractivity contribution in [3.63, 3.8) is 0 Å². The van der Waals surface area contributed by atoms with E-state index in [-0.39, 0.29) is 29.9 Å². The van der Waals surface area contributed by atoms with Gasteiger partial charge >= 0.3 is 0 Å². The predicted octanol–water partition coefficient (Wildman–Crippen LogP) is 3.46. The Hall–Kier alpha value is -1.88. The van der Waals surface area contributed by atoms with E-state index in [4.69, 9.17) is 14.0 Å². The summed E-state index contributed by atoms with van der Waals surface area (Å²) >= 11 is 0. The maximum Gasteiger partial charge on any atom is 0.228 e. The van der Waals surface area contributed by atoms with Crippen molar-refractivity contribution in [1.29, 1.82) is 0 Å². The molecule has 0 bridgehead atoms. The number of aliphatic imine (C=N–C) groups is 1. The summed E-state index contributed by atoms with van der Waals surface area (Å²) in [6.07, 6.45) is 1.48. The van der Waals surface area contributed by atoms with E-state index in [1.54, 1.807) is 14.2 Å². The first-order chi connectivity index (χ1) is 13.1. The lowest BCUT2D eigenvalue weighted by Gasteiger charge is -2.12. The van der Waals surface area contributed by atoms with Crippen molar-refractivity contribution in [2.24, 2.45) is 4.99 Å². The minimum Gasteiger partial charge on any atom is -0.493 e. The van der Waals surface area contributed by atoms with Gasteiger partial charge in [-0.25, -0.2) is 0 Å². The van der Waals surface area contributed by atoms with Gasteiger partial charge in [0.2, 0.25) is 5.89 Å². The topological polar surface area (TPSA) is 93.8 Å². The number of anilines is 1. The Morgan fingerprint density at radius 2 is 2.11 bits per heavy atom. The second-order valence-electron chi connectivity index (χ2n) is 6.30. The van der Waals surface area contributed by atoms with E-state index in [0.717, 1.165) is 23.7 Å². The fourth-order valence-corrected chi connectivity index (χ4v) is 2.26. The SMILES string of the molecule is CN=C(NCCc1nc(C(C)C)no1)Nc1cccc(OCCCOC)c1.I. The zero-order valence-corrected chi connectivity index (χ0v) is 19.2. The number of guanidine groups is 1. The second-order valence-corrected chi connectivity index (χ2v) is 6.30. The van der Waals surface area contributed by atoms with E-state index >= 15 is 0 Å². The molecule has 0 atom stereocenters. The molecule has 0 spiro atoms. The molecule has 0 unspecified atom stereocenters. The van der Waals surface area contributed by atoms with Gasteiger partial charge in [-0.15, -0.1) is 24.0 Å². The molecule has 0 aliphatic carbocycles. The molecule has 1 heterocycles. The Labute approximate surface area is 183 Å². The van der Waals surface area contributed by atoms with E-state index in [9.17, 15) is 0 Å². The Balaban J connectivity index is 0.00000392. The fraction of sp³-hybridized carbons (Fsp3) is 0.526. The van der Waals surface area contributed by atoms with Gasteiger partial charge in [0.1, 0.15) is 5.75 Å². The average Bonchev–Trinajstić information content (AvgIpc) is 3.14. The summed E-state index contributed by atoms with van der Waals surface area (Å²) in [5.41, 5.74) is 0.896. The van der Waals surface area contributed by atoms with Crippen LogP contribution >= 0.6 is 24.0 Å². The number of methoxy groups -OCH3 is 1. The highest BCUT2D eigenvalue weighted by molar-refractivity contribution is 14.0. The quantitative estimate of drug-likeness (QED) is 0.222. The van der Waals surface area contributed by atoms with Crippen LogP contribution in [0.2, 0.25) is 0 Å². The number of benzene rings is 1. The van der Waals surface area contributed by atoms with Crippen LogP contribution in [0, 0.1) is 0 Å². The van der Waals surface area contributed by atoms with Gasteiger partial charge in [0.15, 0.2) is 11.8 Å². The largest absolute Gasteiger partial charge is 0.493 e. The van der Waals surface area contributed by atoms with Gasteiger partial charge in [-0.3, -0.25) is 4.99 Å². The van der Waals surface area contributed by atoms with Gasteiger partial charge in [-0.1, -0.05) is 25.1 Å². The number of nitrogens with zero attached hydrogens (tertiary/aromatic N) is 3. The molecule has 0 radical (unpaired) electrons. The molecule has 2 N–H and O–H groups in total. The van der Waals surface area contributed by atoms with Crippen molar-refractivity contribution in [1.82, 2.24) is 15.5 Å². The highest BCUT2D eigenvalue weighted by Gasteiger charge is 2.09. The van der Waals surface area contributed by atoms with E-state index in [2.05, 4.69) is 25.8 Å². The van der Waals surface area contributed by atoms with Crippen molar-refractivity contribution in [3.8, 4) is 5.75 Å². The number of nitrogens with one attached hydrogen (secondary N) is 2. The molecule has 1 aromatic heterocycles. The zero-order chi connectivity index (χ0) is 19.5. The molecule has 8 nitrogen and oxygen atoms in total. The molecule has 0 aliphatic heterocycles. The third-order valence-corrected chi connectivity index (χ3v) is 3.71. The number of hydrogen-bond acceptors (Lipinski definition) is 6. The molecular weight excluding hydrogens is 473 g/mol. The van der Waals surface area contributed by atoms with Crippen LogP contribution in [0.25, 0.3) is 0 Å². The normalized spacial score (nSPS) is 11.2. The van der Waals surface area contributed by atoms with Gasteiger partial charge in [-0.05, 0) is 12.1 Å². The summed E-state index contributed by atoms with van der Waals surface area (Å²) in [5.74, 6) is 3.07. The lowest BCUT2D eigenvalue weighted by Crippen LogP contribution is -2.32. The Morgan fingerprint density at radius 1 is 1.29 bits per heavy atom. The molecule has 0 amide bonds. The van der Waals surface area contributed by atoms with Crippen molar-refractivity contribution < 1.29 is 14.0 Å². The average molecular weight is 503 g/mol. The molecule has 28 heavy (non-hydrogen) atoms. The van der Waals surface area contributed by atoms with Crippen molar-refractivity contribution in [2.45, 2.75) is 32.6 Å². The number of hydrogen-bond donors (Lipinski definition) is 2. The lowest BCUT2D eigenvalue weighted by molar-refractivity contribution is 0.172. The molecule has 2 rings (SSSR count). The minimum absolute atomic E-state index is 0. The third-order valence-electron chi connectivity index (χ3n) is 3.71. The van der Waals surface area contributed by atoms with Crippen LogP contribution in [0.5, 0.6) is 5.75 Å². The van der Waals surface area contributed by atoms with Crippen LogP contribution in [-0.4, -0.2) is 50.0 Å². The van der Waals surface area contributed by atoms with Crippen molar-refractivity contribution >= 4 is 35.6 Å². The number of ether oxygens (including phenoxy) is 2. The van der Waals surface area contributed by atoms with Crippen LogP contribution in [0.4, 0.5) is 5.69 Å². The maximum absolute atomic E-state index is 5.72. The molecule has 2 aromatic rings. The summed E-state index contributed by atoms with van der Waals surface area (Å²) in [6.45, 7) is 6.01. The van der Waals surface area contributed by atoms with Crippen molar-refractivity contribution in [3.05, 3.63) is 36.0 Å². The lowest BCUT2D eigenvalue weighted by atomic mass is 10.2. The number of aromatic nitrogens is 2. The number of rotatable bonds is 10.